The van der Waals surface area contributed by atoms with Crippen molar-refractivity contribution in [2.45, 2.75) is 26.9 Å². The van der Waals surface area contributed by atoms with Crippen LogP contribution in [0.3, 0.4) is 0 Å². The zero-order valence-corrected chi connectivity index (χ0v) is 16.2. The van der Waals surface area contributed by atoms with Gasteiger partial charge in [0.15, 0.2) is 11.2 Å². The molecule has 0 bridgehead atoms. The van der Waals surface area contributed by atoms with E-state index in [4.69, 9.17) is 0 Å². The molecule has 2 aromatic carbocycles. The maximum Gasteiger partial charge on any atom is 0.337 e. The highest BCUT2D eigenvalue weighted by molar-refractivity contribution is 5.72. The highest BCUT2D eigenvalue weighted by atomic mass is 19.1. The molecule has 0 fully saturated rings. The molecule has 0 N–H and O–H groups in total. The third kappa shape index (κ3) is 3.51. The Hall–Kier alpha value is -3.48. The van der Waals surface area contributed by atoms with E-state index in [1.54, 1.807) is 10.9 Å². The Bertz CT molecular complexity index is 1270. The predicted molar refractivity (Wildman–Crippen MR) is 110 cm³/mol. The molecule has 0 aliphatic carbocycles. The number of fused-ring (bicyclic) bond motifs is 1. The van der Waals surface area contributed by atoms with Crippen molar-refractivity contribution in [1.29, 1.82) is 0 Å². The number of imidazole rings is 1. The van der Waals surface area contributed by atoms with Crippen molar-refractivity contribution >= 4 is 11.2 Å². The van der Waals surface area contributed by atoms with Crippen LogP contribution in [-0.2, 0) is 13.1 Å². The topological polar surface area (TPSA) is 61.8 Å². The van der Waals surface area contributed by atoms with Crippen molar-refractivity contribution in [3.05, 3.63) is 93.1 Å². The molecule has 0 saturated carbocycles. The number of halogens is 1. The second-order valence-electron chi connectivity index (χ2n) is 7.43. The van der Waals surface area contributed by atoms with Gasteiger partial charge in [-0.05, 0) is 35.7 Å². The van der Waals surface area contributed by atoms with Gasteiger partial charge in [0.2, 0.25) is 0 Å². The highest BCUT2D eigenvalue weighted by Crippen LogP contribution is 2.15. The van der Waals surface area contributed by atoms with E-state index in [-0.39, 0.29) is 23.7 Å². The zero-order chi connectivity index (χ0) is 20.5. The molecule has 29 heavy (non-hydrogen) atoms. The summed E-state index contributed by atoms with van der Waals surface area (Å²) in [6.07, 6.45) is 1.57. The minimum absolute atomic E-state index is 0.102. The minimum atomic E-state index is -0.479. The average molecular weight is 392 g/mol. The molecule has 0 unspecified atom stereocenters. The van der Waals surface area contributed by atoms with Crippen LogP contribution in [0.4, 0.5) is 4.39 Å². The van der Waals surface area contributed by atoms with E-state index in [1.807, 2.05) is 44.2 Å². The van der Waals surface area contributed by atoms with E-state index in [0.717, 1.165) is 5.56 Å². The summed E-state index contributed by atoms with van der Waals surface area (Å²) in [5, 5.41) is 0. The Labute approximate surface area is 166 Å². The quantitative estimate of drug-likeness (QED) is 0.524. The summed E-state index contributed by atoms with van der Waals surface area (Å²) < 4.78 is 17.8. The summed E-state index contributed by atoms with van der Waals surface area (Å²) in [4.78, 5) is 30.8. The maximum atomic E-state index is 13.4. The molecule has 0 saturated heterocycles. The largest absolute Gasteiger partial charge is 0.337 e. The molecule has 0 aliphatic heterocycles. The maximum absolute atomic E-state index is 13.4. The number of benzene rings is 2. The van der Waals surface area contributed by atoms with Crippen LogP contribution in [0, 0.1) is 11.7 Å². The molecule has 0 aliphatic rings. The monoisotopic (exact) mass is 392 g/mol. The number of rotatable bonds is 5. The SMILES string of the molecule is CC(C)Cn1c(=O)c2c(ncn2Cc2ccccc2)n(-c2ccc(F)cc2)c1=O. The molecule has 0 radical (unpaired) electrons. The van der Waals surface area contributed by atoms with Gasteiger partial charge >= 0.3 is 5.69 Å². The number of aromatic nitrogens is 4. The lowest BCUT2D eigenvalue weighted by Gasteiger charge is -2.14. The predicted octanol–water partition coefficient (Wildman–Crippen LogP) is 3.19. The van der Waals surface area contributed by atoms with Gasteiger partial charge in [0.25, 0.3) is 5.56 Å². The van der Waals surface area contributed by atoms with Gasteiger partial charge in [0.1, 0.15) is 5.82 Å². The molecule has 4 aromatic rings. The van der Waals surface area contributed by atoms with Gasteiger partial charge in [-0.25, -0.2) is 18.7 Å². The van der Waals surface area contributed by atoms with Crippen LogP contribution < -0.4 is 11.2 Å². The fourth-order valence-corrected chi connectivity index (χ4v) is 3.43. The van der Waals surface area contributed by atoms with E-state index in [0.29, 0.717) is 17.7 Å². The van der Waals surface area contributed by atoms with Crippen molar-refractivity contribution in [3.63, 3.8) is 0 Å². The summed E-state index contributed by atoms with van der Waals surface area (Å²) in [5.41, 5.74) is 1.24. The van der Waals surface area contributed by atoms with Crippen molar-refractivity contribution in [1.82, 2.24) is 18.7 Å². The Morgan fingerprint density at radius 3 is 2.34 bits per heavy atom. The van der Waals surface area contributed by atoms with Crippen molar-refractivity contribution in [2.75, 3.05) is 0 Å². The van der Waals surface area contributed by atoms with Crippen molar-refractivity contribution in [2.24, 2.45) is 5.92 Å². The first-order valence-electron chi connectivity index (χ1n) is 9.46. The average Bonchev–Trinajstić information content (AvgIpc) is 3.10. The molecule has 0 atom stereocenters. The number of hydrogen-bond acceptors (Lipinski definition) is 3. The summed E-state index contributed by atoms with van der Waals surface area (Å²) >= 11 is 0. The van der Waals surface area contributed by atoms with Gasteiger partial charge < -0.3 is 4.57 Å². The fraction of sp³-hybridized carbons (Fsp3) is 0.227. The van der Waals surface area contributed by atoms with Gasteiger partial charge in [-0.2, -0.15) is 0 Å². The molecule has 2 aromatic heterocycles. The zero-order valence-electron chi connectivity index (χ0n) is 16.2. The Morgan fingerprint density at radius 1 is 1.00 bits per heavy atom. The fourth-order valence-electron chi connectivity index (χ4n) is 3.43. The van der Waals surface area contributed by atoms with Crippen LogP contribution in [0.15, 0.2) is 70.5 Å². The standard InChI is InChI=1S/C22H21FN4O2/c1-15(2)12-26-21(28)19-20(24-14-25(19)13-16-6-4-3-5-7-16)27(22(26)29)18-10-8-17(23)9-11-18/h3-11,14-15H,12-13H2,1-2H3. The van der Waals surface area contributed by atoms with Gasteiger partial charge in [-0.15, -0.1) is 0 Å². The Balaban J connectivity index is 2.00. The van der Waals surface area contributed by atoms with Crippen LogP contribution in [0.2, 0.25) is 0 Å². The Kier molecular flexibility index (Phi) is 4.88. The van der Waals surface area contributed by atoms with Gasteiger partial charge in [0.05, 0.1) is 12.0 Å². The van der Waals surface area contributed by atoms with Crippen LogP contribution in [0.5, 0.6) is 0 Å². The van der Waals surface area contributed by atoms with E-state index in [2.05, 4.69) is 4.98 Å². The third-order valence-electron chi connectivity index (χ3n) is 4.73. The minimum Gasteiger partial charge on any atom is -0.320 e. The molecular formula is C22H21FN4O2. The molecule has 7 heteroatoms. The number of hydrogen-bond donors (Lipinski definition) is 0. The van der Waals surface area contributed by atoms with E-state index >= 15 is 0 Å². The summed E-state index contributed by atoms with van der Waals surface area (Å²) in [6, 6.07) is 15.3. The lowest BCUT2D eigenvalue weighted by molar-refractivity contribution is 0.489. The van der Waals surface area contributed by atoms with E-state index in [1.165, 1.54) is 33.4 Å². The first-order chi connectivity index (χ1) is 14.0. The van der Waals surface area contributed by atoms with Crippen molar-refractivity contribution in [3.8, 4) is 5.69 Å². The van der Waals surface area contributed by atoms with Gasteiger partial charge in [-0.3, -0.25) is 9.36 Å². The number of nitrogens with zero attached hydrogens (tertiary/aromatic N) is 4. The summed E-state index contributed by atoms with van der Waals surface area (Å²) in [6.45, 7) is 4.63. The van der Waals surface area contributed by atoms with Crippen LogP contribution in [0.25, 0.3) is 16.9 Å². The van der Waals surface area contributed by atoms with Crippen LogP contribution in [0.1, 0.15) is 19.4 Å². The second-order valence-corrected chi connectivity index (χ2v) is 7.43. The molecular weight excluding hydrogens is 371 g/mol. The third-order valence-corrected chi connectivity index (χ3v) is 4.73. The summed E-state index contributed by atoms with van der Waals surface area (Å²) in [7, 11) is 0. The first kappa shape index (κ1) is 18.9. The molecule has 0 spiro atoms. The van der Waals surface area contributed by atoms with E-state index in [9.17, 15) is 14.0 Å². The van der Waals surface area contributed by atoms with Crippen molar-refractivity contribution < 1.29 is 4.39 Å². The molecule has 6 nitrogen and oxygen atoms in total. The highest BCUT2D eigenvalue weighted by Gasteiger charge is 2.19. The van der Waals surface area contributed by atoms with E-state index < -0.39 is 11.5 Å². The normalized spacial score (nSPS) is 11.4. The van der Waals surface area contributed by atoms with Gasteiger partial charge in [0, 0.05) is 13.1 Å². The lowest BCUT2D eigenvalue weighted by Crippen LogP contribution is -2.41. The molecule has 148 valence electrons. The molecule has 2 heterocycles. The first-order valence-corrected chi connectivity index (χ1v) is 9.46. The lowest BCUT2D eigenvalue weighted by atomic mass is 10.2. The Morgan fingerprint density at radius 2 is 1.69 bits per heavy atom. The smallest absolute Gasteiger partial charge is 0.320 e. The molecule has 0 amide bonds. The van der Waals surface area contributed by atoms with Gasteiger partial charge in [-0.1, -0.05) is 44.2 Å². The van der Waals surface area contributed by atoms with Crippen LogP contribution >= 0.6 is 0 Å². The molecule has 4 rings (SSSR count). The summed E-state index contributed by atoms with van der Waals surface area (Å²) in [5.74, 6) is -0.298. The van der Waals surface area contributed by atoms with Crippen LogP contribution in [-0.4, -0.2) is 18.7 Å². The second kappa shape index (κ2) is 7.50.